The minimum Gasteiger partial charge on any atom is -0.497 e. The van der Waals surface area contributed by atoms with Crippen LogP contribution in [0.1, 0.15) is 35.2 Å². The van der Waals surface area contributed by atoms with Crippen LogP contribution < -0.4 is 4.74 Å². The van der Waals surface area contributed by atoms with Gasteiger partial charge in [0.05, 0.1) is 7.11 Å². The van der Waals surface area contributed by atoms with E-state index in [2.05, 4.69) is 35.2 Å². The van der Waals surface area contributed by atoms with Gasteiger partial charge in [-0.2, -0.15) is 0 Å². The smallest absolute Gasteiger partial charge is 0.163 e. The first kappa shape index (κ1) is 16.7. The summed E-state index contributed by atoms with van der Waals surface area (Å²) in [6.07, 6.45) is 2.87. The van der Waals surface area contributed by atoms with E-state index in [1.807, 2.05) is 24.3 Å². The van der Waals surface area contributed by atoms with E-state index >= 15 is 0 Å². The summed E-state index contributed by atoms with van der Waals surface area (Å²) in [4.78, 5) is 14.9. The predicted molar refractivity (Wildman–Crippen MR) is 96.4 cm³/mol. The van der Waals surface area contributed by atoms with Crippen molar-refractivity contribution in [1.82, 2.24) is 4.90 Å². The van der Waals surface area contributed by atoms with Gasteiger partial charge in [0.25, 0.3) is 0 Å². The first-order valence-electron chi connectivity index (χ1n) is 8.68. The summed E-state index contributed by atoms with van der Waals surface area (Å²) >= 11 is 0. The Morgan fingerprint density at radius 2 is 1.71 bits per heavy atom. The van der Waals surface area contributed by atoms with Gasteiger partial charge in [-0.1, -0.05) is 30.3 Å². The van der Waals surface area contributed by atoms with Gasteiger partial charge in [-0.25, -0.2) is 0 Å². The number of carbonyl (C=O) groups is 1. The van der Waals surface area contributed by atoms with Crippen LogP contribution in [0.25, 0.3) is 0 Å². The van der Waals surface area contributed by atoms with Gasteiger partial charge >= 0.3 is 0 Å². The lowest BCUT2D eigenvalue weighted by Crippen LogP contribution is -2.33. The number of nitrogens with zero attached hydrogens (tertiary/aromatic N) is 1. The van der Waals surface area contributed by atoms with Crippen molar-refractivity contribution >= 4 is 5.78 Å². The van der Waals surface area contributed by atoms with Crippen molar-refractivity contribution in [2.75, 3.05) is 20.2 Å². The maximum Gasteiger partial charge on any atom is 0.163 e. The highest BCUT2D eigenvalue weighted by Gasteiger charge is 2.22. The van der Waals surface area contributed by atoms with Crippen molar-refractivity contribution in [2.45, 2.75) is 25.8 Å². The fraction of sp³-hybridized carbons (Fsp3) is 0.381. The summed E-state index contributed by atoms with van der Waals surface area (Å²) in [7, 11) is 1.64. The van der Waals surface area contributed by atoms with Crippen molar-refractivity contribution in [3.8, 4) is 5.75 Å². The van der Waals surface area contributed by atoms with Crippen LogP contribution in [0.3, 0.4) is 0 Å². The molecule has 24 heavy (non-hydrogen) atoms. The number of methoxy groups -OCH3 is 1. The lowest BCUT2D eigenvalue weighted by Gasteiger charge is -2.31. The van der Waals surface area contributed by atoms with E-state index in [1.54, 1.807) is 7.11 Å². The van der Waals surface area contributed by atoms with Gasteiger partial charge in [0.2, 0.25) is 0 Å². The summed E-state index contributed by atoms with van der Waals surface area (Å²) in [5.74, 6) is 1.55. The lowest BCUT2D eigenvalue weighted by molar-refractivity contribution is 0.0925. The van der Waals surface area contributed by atoms with Crippen LogP contribution in [-0.2, 0) is 6.54 Å². The average molecular weight is 323 g/mol. The molecule has 0 atom stereocenters. The largest absolute Gasteiger partial charge is 0.497 e. The molecular formula is C21H25NO2. The summed E-state index contributed by atoms with van der Waals surface area (Å²) in [6, 6.07) is 18.0. The summed E-state index contributed by atoms with van der Waals surface area (Å²) < 4.78 is 5.14. The second-order valence-corrected chi connectivity index (χ2v) is 6.56. The quantitative estimate of drug-likeness (QED) is 0.747. The van der Waals surface area contributed by atoms with Crippen LogP contribution in [0.2, 0.25) is 0 Å². The third-order valence-electron chi connectivity index (χ3n) is 4.84. The molecule has 0 aromatic heterocycles. The van der Waals surface area contributed by atoms with Crippen LogP contribution in [0.5, 0.6) is 5.75 Å². The van der Waals surface area contributed by atoms with Gasteiger partial charge in [0.15, 0.2) is 5.78 Å². The minimum absolute atomic E-state index is 0.249. The van der Waals surface area contributed by atoms with Crippen LogP contribution in [0.4, 0.5) is 0 Å². The predicted octanol–water partition coefficient (Wildman–Crippen LogP) is 4.18. The van der Waals surface area contributed by atoms with Crippen LogP contribution in [-0.4, -0.2) is 30.9 Å². The Morgan fingerprint density at radius 3 is 2.33 bits per heavy atom. The van der Waals surface area contributed by atoms with Crippen LogP contribution in [0, 0.1) is 5.92 Å². The zero-order valence-corrected chi connectivity index (χ0v) is 14.3. The number of likely N-dealkylation sites (tertiary alicyclic amines) is 1. The highest BCUT2D eigenvalue weighted by atomic mass is 16.5. The number of hydrogen-bond donors (Lipinski definition) is 0. The van der Waals surface area contributed by atoms with Crippen LogP contribution in [0.15, 0.2) is 54.6 Å². The molecule has 0 amide bonds. The molecule has 1 aliphatic rings. The molecule has 0 unspecified atom stereocenters. The Balaban J connectivity index is 1.47. The van der Waals surface area contributed by atoms with E-state index in [1.165, 1.54) is 5.56 Å². The van der Waals surface area contributed by atoms with Crippen molar-refractivity contribution in [2.24, 2.45) is 5.92 Å². The fourth-order valence-electron chi connectivity index (χ4n) is 3.35. The molecule has 1 heterocycles. The number of Topliss-reactive ketones (excluding diaryl/α,β-unsaturated/α-hetero) is 1. The summed E-state index contributed by atoms with van der Waals surface area (Å²) in [6.45, 7) is 3.17. The molecule has 1 saturated heterocycles. The molecule has 0 saturated carbocycles. The first-order valence-corrected chi connectivity index (χ1v) is 8.68. The molecule has 1 fully saturated rings. The van der Waals surface area contributed by atoms with E-state index in [0.29, 0.717) is 12.3 Å². The van der Waals surface area contributed by atoms with E-state index < -0.39 is 0 Å². The molecular weight excluding hydrogens is 298 g/mol. The maximum absolute atomic E-state index is 12.4. The number of benzene rings is 2. The minimum atomic E-state index is 0.249. The molecule has 3 nitrogen and oxygen atoms in total. The molecule has 3 rings (SSSR count). The Kier molecular flexibility index (Phi) is 5.65. The maximum atomic E-state index is 12.4. The molecule has 0 aliphatic carbocycles. The molecule has 0 N–H and O–H groups in total. The summed E-state index contributed by atoms with van der Waals surface area (Å²) in [5, 5.41) is 0. The third-order valence-corrected chi connectivity index (χ3v) is 4.84. The van der Waals surface area contributed by atoms with Crippen molar-refractivity contribution in [1.29, 1.82) is 0 Å². The number of carbonyl (C=O) groups excluding carboxylic acids is 1. The Bertz CT molecular complexity index is 643. The molecule has 0 bridgehead atoms. The fourth-order valence-corrected chi connectivity index (χ4v) is 3.35. The topological polar surface area (TPSA) is 29.5 Å². The van der Waals surface area contributed by atoms with Gasteiger partial charge in [-0.15, -0.1) is 0 Å². The van der Waals surface area contributed by atoms with Gasteiger partial charge in [-0.3, -0.25) is 9.69 Å². The van der Waals surface area contributed by atoms with Crippen molar-refractivity contribution < 1.29 is 9.53 Å². The average Bonchev–Trinajstić information content (AvgIpc) is 2.64. The molecule has 126 valence electrons. The molecule has 2 aromatic rings. The zero-order chi connectivity index (χ0) is 16.8. The van der Waals surface area contributed by atoms with Crippen LogP contribution >= 0.6 is 0 Å². The Labute approximate surface area is 144 Å². The standard InChI is InChI=1S/C21H25NO2/c1-24-20-9-7-19(8-10-20)21(23)15-17-11-13-22(14-12-17)16-18-5-3-2-4-6-18/h2-10,17H,11-16H2,1H3. The lowest BCUT2D eigenvalue weighted by atomic mass is 9.89. The van der Waals surface area contributed by atoms with Crippen molar-refractivity contribution in [3.05, 3.63) is 65.7 Å². The van der Waals surface area contributed by atoms with Gasteiger partial charge in [0.1, 0.15) is 5.75 Å². The second kappa shape index (κ2) is 8.11. The number of rotatable bonds is 6. The number of hydrogen-bond acceptors (Lipinski definition) is 3. The summed E-state index contributed by atoms with van der Waals surface area (Å²) in [5.41, 5.74) is 2.16. The highest BCUT2D eigenvalue weighted by Crippen LogP contribution is 2.24. The monoisotopic (exact) mass is 323 g/mol. The molecule has 2 aromatic carbocycles. The number of ether oxygens (including phenoxy) is 1. The molecule has 1 aliphatic heterocycles. The zero-order valence-electron chi connectivity index (χ0n) is 14.3. The molecule has 3 heteroatoms. The molecule has 0 spiro atoms. The van der Waals surface area contributed by atoms with Gasteiger partial charge in [0, 0.05) is 18.5 Å². The molecule has 0 radical (unpaired) electrons. The van der Waals surface area contributed by atoms with E-state index in [0.717, 1.165) is 43.8 Å². The normalized spacial score (nSPS) is 16.0. The van der Waals surface area contributed by atoms with E-state index in [-0.39, 0.29) is 5.78 Å². The van der Waals surface area contributed by atoms with Gasteiger partial charge < -0.3 is 4.74 Å². The van der Waals surface area contributed by atoms with Gasteiger partial charge in [-0.05, 0) is 61.7 Å². The second-order valence-electron chi connectivity index (χ2n) is 6.56. The van der Waals surface area contributed by atoms with Crippen molar-refractivity contribution in [3.63, 3.8) is 0 Å². The number of piperidine rings is 1. The van der Waals surface area contributed by atoms with E-state index in [4.69, 9.17) is 4.74 Å². The third kappa shape index (κ3) is 4.45. The number of ketones is 1. The SMILES string of the molecule is COc1ccc(C(=O)CC2CCN(Cc3ccccc3)CC2)cc1. The van der Waals surface area contributed by atoms with E-state index in [9.17, 15) is 4.79 Å². The highest BCUT2D eigenvalue weighted by molar-refractivity contribution is 5.96. The Hall–Kier alpha value is -2.13. The Morgan fingerprint density at radius 1 is 1.04 bits per heavy atom. The first-order chi connectivity index (χ1) is 11.7.